The Balaban J connectivity index is 1.42. The fourth-order valence-corrected chi connectivity index (χ4v) is 5.36. The molecule has 1 aromatic rings. The minimum absolute atomic E-state index is 0.0907. The van der Waals surface area contributed by atoms with Crippen molar-refractivity contribution >= 4 is 0 Å². The molecule has 5 heteroatoms. The average molecular weight is 427 g/mol. The Bertz CT molecular complexity index is 663. The van der Waals surface area contributed by atoms with E-state index in [1.54, 1.807) is 0 Å². The van der Waals surface area contributed by atoms with E-state index in [1.165, 1.54) is 44.9 Å². The van der Waals surface area contributed by atoms with Gasteiger partial charge in [-0.15, -0.1) is 0 Å². The summed E-state index contributed by atoms with van der Waals surface area (Å²) in [6.45, 7) is -1.15. The number of hydrogen-bond donors (Lipinski definition) is 0. The number of allylic oxidation sites excluding steroid dienone is 2. The highest BCUT2D eigenvalue weighted by atomic mass is 19.3. The van der Waals surface area contributed by atoms with Crippen LogP contribution in [0.4, 0.5) is 17.6 Å². The maximum atomic E-state index is 14.0. The molecule has 0 heterocycles. The molecule has 0 atom stereocenters. The molecular formula is C25H34F4O. The Morgan fingerprint density at radius 1 is 0.867 bits per heavy atom. The Kier molecular flexibility index (Phi) is 8.64. The van der Waals surface area contributed by atoms with Crippen LogP contribution >= 0.6 is 0 Å². The predicted octanol–water partition coefficient (Wildman–Crippen LogP) is 8.39. The summed E-state index contributed by atoms with van der Waals surface area (Å²) >= 11 is 0. The van der Waals surface area contributed by atoms with Crippen LogP contribution in [0.2, 0.25) is 0 Å². The van der Waals surface area contributed by atoms with Crippen molar-refractivity contribution in [2.24, 2.45) is 17.8 Å². The van der Waals surface area contributed by atoms with Crippen molar-refractivity contribution in [2.45, 2.75) is 90.1 Å². The van der Waals surface area contributed by atoms with Crippen LogP contribution in [0.3, 0.4) is 0 Å². The van der Waals surface area contributed by atoms with Gasteiger partial charge in [0.1, 0.15) is 0 Å². The second-order valence-electron chi connectivity index (χ2n) is 9.18. The van der Waals surface area contributed by atoms with Crippen molar-refractivity contribution in [3.8, 4) is 5.75 Å². The zero-order valence-corrected chi connectivity index (χ0v) is 17.9. The summed E-state index contributed by atoms with van der Waals surface area (Å²) in [6, 6.07) is 2.33. The zero-order chi connectivity index (χ0) is 21.5. The molecule has 1 nitrogen and oxygen atoms in total. The molecule has 0 N–H and O–H groups in total. The third kappa shape index (κ3) is 6.49. The highest BCUT2D eigenvalue weighted by molar-refractivity contribution is 5.33. The molecule has 0 bridgehead atoms. The van der Waals surface area contributed by atoms with Gasteiger partial charge in [0.15, 0.2) is 17.4 Å². The van der Waals surface area contributed by atoms with Crippen molar-refractivity contribution in [3.63, 3.8) is 0 Å². The van der Waals surface area contributed by atoms with E-state index in [-0.39, 0.29) is 5.92 Å². The smallest absolute Gasteiger partial charge is 0.387 e. The van der Waals surface area contributed by atoms with Gasteiger partial charge in [0.25, 0.3) is 0 Å². The van der Waals surface area contributed by atoms with Crippen molar-refractivity contribution < 1.29 is 22.3 Å². The molecule has 0 spiro atoms. The second kappa shape index (κ2) is 11.2. The number of ether oxygens (including phenoxy) is 1. The molecule has 0 radical (unpaired) electrons. The van der Waals surface area contributed by atoms with Crippen molar-refractivity contribution in [3.05, 3.63) is 41.5 Å². The minimum atomic E-state index is -3.24. The average Bonchev–Trinajstić information content (AvgIpc) is 2.74. The lowest BCUT2D eigenvalue weighted by Crippen LogP contribution is -2.18. The van der Waals surface area contributed by atoms with Crippen molar-refractivity contribution in [1.29, 1.82) is 0 Å². The molecule has 2 fully saturated rings. The van der Waals surface area contributed by atoms with Crippen LogP contribution in [0.15, 0.2) is 24.3 Å². The van der Waals surface area contributed by atoms with Gasteiger partial charge in [0.05, 0.1) is 0 Å². The maximum Gasteiger partial charge on any atom is 0.387 e. The number of rotatable bonds is 8. The van der Waals surface area contributed by atoms with Gasteiger partial charge in [-0.2, -0.15) is 8.78 Å². The molecular weight excluding hydrogens is 392 g/mol. The first kappa shape index (κ1) is 23.1. The summed E-state index contributed by atoms with van der Waals surface area (Å²) in [5, 5.41) is 0. The molecule has 0 amide bonds. The summed E-state index contributed by atoms with van der Waals surface area (Å²) in [5.41, 5.74) is 0.560. The molecule has 0 unspecified atom stereocenters. The van der Waals surface area contributed by atoms with E-state index < -0.39 is 24.0 Å². The van der Waals surface area contributed by atoms with Crippen molar-refractivity contribution in [1.82, 2.24) is 0 Å². The van der Waals surface area contributed by atoms with E-state index in [0.29, 0.717) is 11.5 Å². The van der Waals surface area contributed by atoms with Crippen LogP contribution in [-0.2, 0) is 0 Å². The highest BCUT2D eigenvalue weighted by Crippen LogP contribution is 2.41. The molecule has 30 heavy (non-hydrogen) atoms. The van der Waals surface area contributed by atoms with E-state index in [1.807, 2.05) is 0 Å². The quantitative estimate of drug-likeness (QED) is 0.299. The van der Waals surface area contributed by atoms with Gasteiger partial charge in [-0.05, 0) is 93.2 Å². The number of hydrogen-bond acceptors (Lipinski definition) is 1. The van der Waals surface area contributed by atoms with Gasteiger partial charge in [0, 0.05) is 0 Å². The van der Waals surface area contributed by atoms with E-state index >= 15 is 0 Å². The van der Waals surface area contributed by atoms with E-state index in [0.717, 1.165) is 49.7 Å². The van der Waals surface area contributed by atoms with E-state index in [4.69, 9.17) is 0 Å². The lowest BCUT2D eigenvalue weighted by Gasteiger charge is -2.32. The lowest BCUT2D eigenvalue weighted by molar-refractivity contribution is -0.0546. The molecule has 2 aliphatic rings. The molecule has 168 valence electrons. The minimum Gasteiger partial charge on any atom is -0.429 e. The molecule has 1 aromatic carbocycles. The summed E-state index contributed by atoms with van der Waals surface area (Å²) in [5.74, 6) is -0.565. The molecule has 0 aromatic heterocycles. The Morgan fingerprint density at radius 3 is 1.87 bits per heavy atom. The Morgan fingerprint density at radius 2 is 1.37 bits per heavy atom. The van der Waals surface area contributed by atoms with Gasteiger partial charge in [0.2, 0.25) is 0 Å². The zero-order valence-electron chi connectivity index (χ0n) is 17.9. The predicted molar refractivity (Wildman–Crippen MR) is 112 cm³/mol. The first-order valence-corrected chi connectivity index (χ1v) is 11.5. The topological polar surface area (TPSA) is 9.23 Å². The number of benzene rings is 1. The van der Waals surface area contributed by atoms with Crippen LogP contribution in [0.5, 0.6) is 5.75 Å². The number of alkyl halides is 2. The first-order valence-electron chi connectivity index (χ1n) is 11.5. The molecule has 2 aliphatic carbocycles. The van der Waals surface area contributed by atoms with Gasteiger partial charge in [-0.3, -0.25) is 0 Å². The van der Waals surface area contributed by atoms with E-state index in [2.05, 4.69) is 23.8 Å². The normalized spacial score (nSPS) is 27.7. The first-order chi connectivity index (χ1) is 14.5. The molecule has 0 aliphatic heterocycles. The second-order valence-corrected chi connectivity index (χ2v) is 9.18. The van der Waals surface area contributed by atoms with E-state index in [9.17, 15) is 17.6 Å². The molecule has 2 saturated carbocycles. The van der Waals surface area contributed by atoms with Crippen LogP contribution in [0.25, 0.3) is 0 Å². The summed E-state index contributed by atoms with van der Waals surface area (Å²) < 4.78 is 56.6. The monoisotopic (exact) mass is 426 g/mol. The third-order valence-corrected chi connectivity index (χ3v) is 7.20. The van der Waals surface area contributed by atoms with Gasteiger partial charge >= 0.3 is 6.61 Å². The Labute approximate surface area is 177 Å². The van der Waals surface area contributed by atoms with Crippen LogP contribution < -0.4 is 4.74 Å². The largest absolute Gasteiger partial charge is 0.429 e. The fourth-order valence-electron chi connectivity index (χ4n) is 5.36. The summed E-state index contributed by atoms with van der Waals surface area (Å²) in [4.78, 5) is 0. The fraction of sp³-hybridized carbons (Fsp3) is 0.680. The highest BCUT2D eigenvalue weighted by Gasteiger charge is 2.27. The number of halogens is 4. The van der Waals surface area contributed by atoms with Gasteiger partial charge < -0.3 is 4.74 Å². The lowest BCUT2D eigenvalue weighted by atomic mass is 9.74. The van der Waals surface area contributed by atoms with Gasteiger partial charge in [-0.25, -0.2) is 8.78 Å². The van der Waals surface area contributed by atoms with Crippen LogP contribution in [0.1, 0.15) is 89.0 Å². The SMILES string of the molecule is CC=CCC1CCC(CCC2CCC(c3cc(F)c(OC(F)F)c(F)c3)CC2)CC1. The summed E-state index contributed by atoms with van der Waals surface area (Å²) in [7, 11) is 0. The van der Waals surface area contributed by atoms with Crippen LogP contribution in [-0.4, -0.2) is 6.61 Å². The Hall–Kier alpha value is -1.52. The third-order valence-electron chi connectivity index (χ3n) is 7.20. The summed E-state index contributed by atoms with van der Waals surface area (Å²) in [6.07, 6.45) is 17.6. The van der Waals surface area contributed by atoms with Gasteiger partial charge in [-0.1, -0.05) is 37.8 Å². The van der Waals surface area contributed by atoms with Crippen molar-refractivity contribution in [2.75, 3.05) is 0 Å². The van der Waals surface area contributed by atoms with Crippen LogP contribution in [0, 0.1) is 29.4 Å². The molecule has 3 rings (SSSR count). The molecule has 0 saturated heterocycles. The standard InChI is InChI=1S/C25H34F4O/c1-2-3-4-17-5-7-18(8-6-17)9-10-19-11-13-20(14-12-19)21-15-22(26)24(23(27)16-21)30-25(28)29/h2-3,15-20,25H,4-14H2,1H3. The maximum absolute atomic E-state index is 14.0.